The molecule has 2 N–H and O–H groups in total. The quantitative estimate of drug-likeness (QED) is 0.260. The Morgan fingerprint density at radius 2 is 1.10 bits per heavy atom. The summed E-state index contributed by atoms with van der Waals surface area (Å²) >= 11 is 0. The molecule has 0 fully saturated rings. The normalized spacial score (nSPS) is 17.6. The van der Waals surface area contributed by atoms with E-state index in [1.807, 2.05) is 97.1 Å². The third kappa shape index (κ3) is 4.54. The van der Waals surface area contributed by atoms with E-state index in [0.29, 0.717) is 0 Å². The van der Waals surface area contributed by atoms with Gasteiger partial charge in [0.05, 0.1) is 11.8 Å². The Morgan fingerprint density at radius 3 is 1.59 bits per heavy atom. The van der Waals surface area contributed by atoms with Gasteiger partial charge in [0.2, 0.25) is 0 Å². The topological polar surface area (TPSA) is 74.6 Å². The first-order valence-electron chi connectivity index (χ1n) is 13.4. The van der Waals surface area contributed by atoms with E-state index in [1.165, 1.54) is 0 Å². The summed E-state index contributed by atoms with van der Waals surface area (Å²) in [5.74, 6) is -4.02. The minimum atomic E-state index is -1.30. The molecule has 0 radical (unpaired) electrons. The summed E-state index contributed by atoms with van der Waals surface area (Å²) in [6.07, 6.45) is 0.421. The maximum atomic E-state index is 13.4. The van der Waals surface area contributed by atoms with E-state index in [9.17, 15) is 19.8 Å². The second kappa shape index (κ2) is 10.2. The molecular formula is C35H34O4. The van der Waals surface area contributed by atoms with E-state index in [-0.39, 0.29) is 18.3 Å². The van der Waals surface area contributed by atoms with Crippen molar-refractivity contribution in [2.75, 3.05) is 0 Å². The number of rotatable bonds is 8. The number of aliphatic carboxylic acids is 2. The standard InChI is InChI=1S/C35H34O4/c1-34(2,3)27-19-12-20-28-31(27)25-17-10-11-18-26(25)35(28,29(32(36)37)21-23-13-6-4-7-14-23)30(33(38)39)22-24-15-8-5-9-16-24/h4-20,29-30H,21-22H2,1-3H3,(H,36,37)(H,38,39). The molecule has 0 bridgehead atoms. The Kier molecular flexibility index (Phi) is 6.90. The maximum absolute atomic E-state index is 13.4. The molecule has 198 valence electrons. The highest BCUT2D eigenvalue weighted by Gasteiger charge is 2.58. The monoisotopic (exact) mass is 518 g/mol. The summed E-state index contributed by atoms with van der Waals surface area (Å²) in [4.78, 5) is 26.8. The van der Waals surface area contributed by atoms with Crippen LogP contribution in [0.25, 0.3) is 11.1 Å². The zero-order chi connectivity index (χ0) is 27.8. The van der Waals surface area contributed by atoms with Crippen LogP contribution in [-0.4, -0.2) is 22.2 Å². The lowest BCUT2D eigenvalue weighted by molar-refractivity contribution is -0.150. The van der Waals surface area contributed by atoms with Crippen LogP contribution in [0.2, 0.25) is 0 Å². The van der Waals surface area contributed by atoms with Gasteiger partial charge in [-0.25, -0.2) is 0 Å². The lowest BCUT2D eigenvalue weighted by Crippen LogP contribution is -2.50. The van der Waals surface area contributed by atoms with E-state index in [4.69, 9.17) is 0 Å². The smallest absolute Gasteiger partial charge is 0.308 e. The predicted molar refractivity (Wildman–Crippen MR) is 154 cm³/mol. The van der Waals surface area contributed by atoms with E-state index in [2.05, 4.69) is 26.8 Å². The van der Waals surface area contributed by atoms with Crippen molar-refractivity contribution in [2.24, 2.45) is 11.8 Å². The van der Waals surface area contributed by atoms with Crippen LogP contribution >= 0.6 is 0 Å². The third-order valence-corrected chi connectivity index (χ3v) is 8.22. The van der Waals surface area contributed by atoms with Gasteiger partial charge in [-0.3, -0.25) is 9.59 Å². The van der Waals surface area contributed by atoms with Crippen molar-refractivity contribution in [2.45, 2.75) is 44.4 Å². The van der Waals surface area contributed by atoms with Crippen molar-refractivity contribution < 1.29 is 19.8 Å². The fourth-order valence-corrected chi connectivity index (χ4v) is 6.60. The van der Waals surface area contributed by atoms with Gasteiger partial charge in [-0.1, -0.05) is 124 Å². The summed E-state index contributed by atoms with van der Waals surface area (Å²) in [6.45, 7) is 6.42. The fourth-order valence-electron chi connectivity index (χ4n) is 6.60. The molecule has 4 heteroatoms. The van der Waals surface area contributed by atoms with E-state index in [1.54, 1.807) is 0 Å². The van der Waals surface area contributed by atoms with E-state index >= 15 is 0 Å². The largest absolute Gasteiger partial charge is 0.481 e. The molecule has 4 aromatic carbocycles. The number of carboxylic acid groups (broad SMARTS) is 2. The molecule has 2 unspecified atom stereocenters. The van der Waals surface area contributed by atoms with Gasteiger partial charge in [0.25, 0.3) is 0 Å². The Balaban J connectivity index is 1.88. The molecule has 0 heterocycles. The van der Waals surface area contributed by atoms with Gasteiger partial charge in [0.1, 0.15) is 0 Å². The highest BCUT2D eigenvalue weighted by Crippen LogP contribution is 2.59. The second-order valence-corrected chi connectivity index (χ2v) is 11.6. The molecule has 0 amide bonds. The molecule has 4 aromatic rings. The minimum absolute atomic E-state index is 0.211. The molecule has 4 nitrogen and oxygen atoms in total. The Morgan fingerprint density at radius 1 is 0.641 bits per heavy atom. The van der Waals surface area contributed by atoms with Gasteiger partial charge in [-0.2, -0.15) is 0 Å². The Labute approximate surface area is 230 Å². The molecule has 0 saturated heterocycles. The van der Waals surface area contributed by atoms with Gasteiger partial charge < -0.3 is 10.2 Å². The number of benzene rings is 4. The first-order valence-corrected chi connectivity index (χ1v) is 13.4. The number of hydrogen-bond donors (Lipinski definition) is 2. The summed E-state index contributed by atoms with van der Waals surface area (Å²) in [5.41, 5.74) is 4.77. The van der Waals surface area contributed by atoms with Gasteiger partial charge >= 0.3 is 11.9 Å². The minimum Gasteiger partial charge on any atom is -0.481 e. The fraction of sp³-hybridized carbons (Fsp3) is 0.257. The average molecular weight is 519 g/mol. The summed E-state index contributed by atoms with van der Waals surface area (Å²) < 4.78 is 0. The van der Waals surface area contributed by atoms with Gasteiger partial charge in [0.15, 0.2) is 0 Å². The van der Waals surface area contributed by atoms with Crippen molar-refractivity contribution >= 4 is 11.9 Å². The molecule has 2 atom stereocenters. The van der Waals surface area contributed by atoms with Crippen molar-refractivity contribution in [3.8, 4) is 11.1 Å². The summed E-state index contributed by atoms with van der Waals surface area (Å²) in [5, 5.41) is 21.9. The predicted octanol–water partition coefficient (Wildman–Crippen LogP) is 7.14. The van der Waals surface area contributed by atoms with Crippen molar-refractivity contribution in [3.63, 3.8) is 0 Å². The number of hydrogen-bond acceptors (Lipinski definition) is 2. The van der Waals surface area contributed by atoms with Crippen molar-refractivity contribution in [1.82, 2.24) is 0 Å². The molecule has 1 aliphatic carbocycles. The zero-order valence-electron chi connectivity index (χ0n) is 22.6. The van der Waals surface area contributed by atoms with Crippen molar-refractivity contribution in [1.29, 1.82) is 0 Å². The molecule has 39 heavy (non-hydrogen) atoms. The molecule has 0 aromatic heterocycles. The third-order valence-electron chi connectivity index (χ3n) is 8.22. The van der Waals surface area contributed by atoms with Crippen LogP contribution in [0.1, 0.15) is 48.6 Å². The van der Waals surface area contributed by atoms with E-state index < -0.39 is 29.2 Å². The molecular weight excluding hydrogens is 484 g/mol. The second-order valence-electron chi connectivity index (χ2n) is 11.6. The van der Waals surface area contributed by atoms with Crippen LogP contribution in [0.15, 0.2) is 103 Å². The molecule has 1 aliphatic rings. The molecule has 5 rings (SSSR count). The zero-order valence-corrected chi connectivity index (χ0v) is 22.6. The van der Waals surface area contributed by atoms with Crippen molar-refractivity contribution in [3.05, 3.63) is 131 Å². The van der Waals surface area contributed by atoms with Gasteiger partial charge in [0, 0.05) is 5.41 Å². The first-order chi connectivity index (χ1) is 18.7. The van der Waals surface area contributed by atoms with Crippen LogP contribution in [0.4, 0.5) is 0 Å². The summed E-state index contributed by atoms with van der Waals surface area (Å²) in [6, 6.07) is 32.9. The van der Waals surface area contributed by atoms with Gasteiger partial charge in [-0.05, 0) is 57.2 Å². The van der Waals surface area contributed by atoms with Crippen LogP contribution < -0.4 is 0 Å². The SMILES string of the molecule is CC(C)(C)c1cccc2c1-c1ccccc1C2(C(Cc1ccccc1)C(=O)O)C(Cc1ccccc1)C(=O)O. The van der Waals surface area contributed by atoms with Crippen LogP contribution in [0.3, 0.4) is 0 Å². The highest BCUT2D eigenvalue weighted by molar-refractivity contribution is 5.91. The lowest BCUT2D eigenvalue weighted by atomic mass is 9.58. The van der Waals surface area contributed by atoms with Crippen LogP contribution in [-0.2, 0) is 33.3 Å². The lowest BCUT2D eigenvalue weighted by Gasteiger charge is -2.42. The van der Waals surface area contributed by atoms with Gasteiger partial charge in [-0.15, -0.1) is 0 Å². The number of fused-ring (bicyclic) bond motifs is 3. The molecule has 0 saturated carbocycles. The Hall–Kier alpha value is -4.18. The number of carboxylic acids is 2. The highest BCUT2D eigenvalue weighted by atomic mass is 16.4. The number of carbonyl (C=O) groups is 2. The maximum Gasteiger partial charge on any atom is 0.308 e. The molecule has 0 spiro atoms. The average Bonchev–Trinajstić information content (AvgIpc) is 3.21. The molecule has 0 aliphatic heterocycles. The van der Waals surface area contributed by atoms with Crippen LogP contribution in [0, 0.1) is 11.8 Å². The Bertz CT molecular complexity index is 1440. The van der Waals surface area contributed by atoms with Crippen LogP contribution in [0.5, 0.6) is 0 Å². The summed E-state index contributed by atoms with van der Waals surface area (Å²) in [7, 11) is 0. The first kappa shape index (κ1) is 26.4. The van der Waals surface area contributed by atoms with E-state index in [0.717, 1.165) is 38.9 Å².